The number of rotatable bonds is 5. The van der Waals surface area contributed by atoms with Crippen molar-refractivity contribution in [3.63, 3.8) is 0 Å². The third-order valence-corrected chi connectivity index (χ3v) is 6.00. The third kappa shape index (κ3) is 3.82. The zero-order valence-corrected chi connectivity index (χ0v) is 14.3. The Morgan fingerprint density at radius 3 is 2.43 bits per heavy atom. The number of fused-ring (bicyclic) bond motifs is 1. The summed E-state index contributed by atoms with van der Waals surface area (Å²) >= 11 is 0. The van der Waals surface area contributed by atoms with Gasteiger partial charge in [-0.1, -0.05) is 43.3 Å². The third-order valence-electron chi connectivity index (χ3n) is 4.58. The van der Waals surface area contributed by atoms with Crippen LogP contribution in [0.15, 0.2) is 53.4 Å². The molecule has 0 bridgehead atoms. The maximum Gasteiger partial charge on any atom is 0.240 e. The van der Waals surface area contributed by atoms with Crippen LogP contribution in [0.3, 0.4) is 0 Å². The highest BCUT2D eigenvalue weighted by Crippen LogP contribution is 2.24. The van der Waals surface area contributed by atoms with Crippen molar-refractivity contribution >= 4 is 10.0 Å². The Balaban J connectivity index is 1.72. The van der Waals surface area contributed by atoms with Crippen LogP contribution in [0.1, 0.15) is 42.4 Å². The fraction of sp³-hybridized carbons (Fsp3) is 0.368. The second kappa shape index (κ2) is 6.85. The maximum absolute atomic E-state index is 12.5. The van der Waals surface area contributed by atoms with E-state index in [-0.39, 0.29) is 5.92 Å². The molecule has 1 N–H and O–H groups in total. The molecular formula is C19H23NO2S. The first kappa shape index (κ1) is 16.2. The summed E-state index contributed by atoms with van der Waals surface area (Å²) < 4.78 is 27.8. The molecule has 0 heterocycles. The molecule has 3 rings (SSSR count). The van der Waals surface area contributed by atoms with Gasteiger partial charge in [-0.25, -0.2) is 13.1 Å². The summed E-state index contributed by atoms with van der Waals surface area (Å²) in [6, 6.07) is 15.5. The van der Waals surface area contributed by atoms with Crippen molar-refractivity contribution in [1.29, 1.82) is 0 Å². The van der Waals surface area contributed by atoms with Gasteiger partial charge in [0.2, 0.25) is 10.0 Å². The zero-order valence-electron chi connectivity index (χ0n) is 13.5. The Bertz CT molecular complexity index is 769. The molecule has 1 atom stereocenters. The molecule has 0 spiro atoms. The van der Waals surface area contributed by atoms with E-state index in [0.29, 0.717) is 11.4 Å². The van der Waals surface area contributed by atoms with E-state index in [1.54, 1.807) is 6.07 Å². The van der Waals surface area contributed by atoms with Crippen LogP contribution in [0.25, 0.3) is 0 Å². The van der Waals surface area contributed by atoms with E-state index in [0.717, 1.165) is 24.8 Å². The standard InChI is InChI=1S/C19H23NO2S/c1-15(16-7-3-2-4-8-16)14-20-23(21,22)19-12-11-17-9-5-6-10-18(17)13-19/h2-4,7-8,11-13,15,20H,5-6,9-10,14H2,1H3. The summed E-state index contributed by atoms with van der Waals surface area (Å²) in [7, 11) is -3.45. The van der Waals surface area contributed by atoms with Crippen LogP contribution in [-0.2, 0) is 22.9 Å². The smallest absolute Gasteiger partial charge is 0.211 e. The lowest BCUT2D eigenvalue weighted by Gasteiger charge is -2.17. The summed E-state index contributed by atoms with van der Waals surface area (Å²) in [4.78, 5) is 0.387. The fourth-order valence-electron chi connectivity index (χ4n) is 3.09. The van der Waals surface area contributed by atoms with E-state index >= 15 is 0 Å². The lowest BCUT2D eigenvalue weighted by Crippen LogP contribution is -2.28. The van der Waals surface area contributed by atoms with Crippen molar-refractivity contribution in [1.82, 2.24) is 4.72 Å². The van der Waals surface area contributed by atoms with Gasteiger partial charge < -0.3 is 0 Å². The Labute approximate surface area is 138 Å². The maximum atomic E-state index is 12.5. The van der Waals surface area contributed by atoms with Crippen LogP contribution in [0, 0.1) is 0 Å². The molecule has 0 amide bonds. The van der Waals surface area contributed by atoms with Gasteiger partial charge >= 0.3 is 0 Å². The minimum atomic E-state index is -3.45. The largest absolute Gasteiger partial charge is 0.240 e. The second-order valence-corrected chi connectivity index (χ2v) is 8.07. The van der Waals surface area contributed by atoms with E-state index < -0.39 is 10.0 Å². The summed E-state index contributed by atoms with van der Waals surface area (Å²) in [6.07, 6.45) is 4.40. The van der Waals surface area contributed by atoms with Crippen molar-refractivity contribution in [3.05, 3.63) is 65.2 Å². The van der Waals surface area contributed by atoms with Gasteiger partial charge in [0.05, 0.1) is 4.90 Å². The van der Waals surface area contributed by atoms with E-state index in [4.69, 9.17) is 0 Å². The topological polar surface area (TPSA) is 46.2 Å². The molecule has 23 heavy (non-hydrogen) atoms. The Morgan fingerprint density at radius 1 is 1.00 bits per heavy atom. The van der Waals surface area contributed by atoms with Gasteiger partial charge in [0.1, 0.15) is 0 Å². The Morgan fingerprint density at radius 2 is 1.70 bits per heavy atom. The number of aryl methyl sites for hydroxylation is 2. The monoisotopic (exact) mass is 329 g/mol. The van der Waals surface area contributed by atoms with Gasteiger partial charge in [-0.05, 0) is 60.4 Å². The van der Waals surface area contributed by atoms with Crippen LogP contribution in [0.2, 0.25) is 0 Å². The van der Waals surface area contributed by atoms with E-state index in [1.807, 2.05) is 49.4 Å². The predicted molar refractivity (Wildman–Crippen MR) is 93.1 cm³/mol. The minimum absolute atomic E-state index is 0.142. The lowest BCUT2D eigenvalue weighted by molar-refractivity contribution is 0.574. The molecule has 1 aliphatic rings. The summed E-state index contributed by atoms with van der Waals surface area (Å²) in [5, 5.41) is 0. The minimum Gasteiger partial charge on any atom is -0.211 e. The fourth-order valence-corrected chi connectivity index (χ4v) is 4.28. The molecule has 2 aromatic carbocycles. The van der Waals surface area contributed by atoms with E-state index in [9.17, 15) is 8.42 Å². The molecule has 122 valence electrons. The first-order valence-electron chi connectivity index (χ1n) is 8.23. The van der Waals surface area contributed by atoms with Gasteiger partial charge in [0.15, 0.2) is 0 Å². The quantitative estimate of drug-likeness (QED) is 0.910. The first-order chi connectivity index (χ1) is 11.1. The van der Waals surface area contributed by atoms with E-state index in [2.05, 4.69) is 4.72 Å². The molecule has 0 aliphatic heterocycles. The van der Waals surface area contributed by atoms with Crippen LogP contribution >= 0.6 is 0 Å². The molecule has 4 heteroatoms. The zero-order chi connectivity index (χ0) is 16.3. The van der Waals surface area contributed by atoms with Gasteiger partial charge in [-0.2, -0.15) is 0 Å². The SMILES string of the molecule is CC(CNS(=O)(=O)c1ccc2c(c1)CCCC2)c1ccccc1. The number of hydrogen-bond donors (Lipinski definition) is 1. The average Bonchev–Trinajstić information content (AvgIpc) is 2.60. The Kier molecular flexibility index (Phi) is 4.83. The van der Waals surface area contributed by atoms with Crippen molar-refractivity contribution in [2.24, 2.45) is 0 Å². The van der Waals surface area contributed by atoms with Crippen LogP contribution < -0.4 is 4.72 Å². The van der Waals surface area contributed by atoms with Crippen LogP contribution in [0.4, 0.5) is 0 Å². The number of hydrogen-bond acceptors (Lipinski definition) is 2. The summed E-state index contributed by atoms with van der Waals surface area (Å²) in [5.41, 5.74) is 3.63. The Hall–Kier alpha value is -1.65. The highest BCUT2D eigenvalue weighted by atomic mass is 32.2. The molecule has 0 saturated carbocycles. The number of sulfonamides is 1. The highest BCUT2D eigenvalue weighted by molar-refractivity contribution is 7.89. The van der Waals surface area contributed by atoms with Gasteiger partial charge in [-0.3, -0.25) is 0 Å². The molecule has 1 unspecified atom stereocenters. The molecule has 2 aromatic rings. The second-order valence-electron chi connectivity index (χ2n) is 6.30. The van der Waals surface area contributed by atoms with Crippen LogP contribution in [0.5, 0.6) is 0 Å². The molecule has 3 nitrogen and oxygen atoms in total. The molecule has 0 saturated heterocycles. The molecular weight excluding hydrogens is 306 g/mol. The van der Waals surface area contributed by atoms with Gasteiger partial charge in [0, 0.05) is 6.54 Å². The highest BCUT2D eigenvalue weighted by Gasteiger charge is 2.18. The average molecular weight is 329 g/mol. The molecule has 0 aromatic heterocycles. The summed E-state index contributed by atoms with van der Waals surface area (Å²) in [6.45, 7) is 2.44. The first-order valence-corrected chi connectivity index (χ1v) is 9.71. The predicted octanol–water partition coefficient (Wildman–Crippen LogP) is 3.65. The number of benzene rings is 2. The molecule has 0 fully saturated rings. The van der Waals surface area contributed by atoms with Crippen molar-refractivity contribution < 1.29 is 8.42 Å². The van der Waals surface area contributed by atoms with Crippen molar-refractivity contribution in [2.45, 2.75) is 43.4 Å². The molecule has 0 radical (unpaired) electrons. The van der Waals surface area contributed by atoms with E-state index in [1.165, 1.54) is 17.5 Å². The number of nitrogens with one attached hydrogen (secondary N) is 1. The van der Waals surface area contributed by atoms with Gasteiger partial charge in [0.25, 0.3) is 0 Å². The van der Waals surface area contributed by atoms with Crippen LogP contribution in [-0.4, -0.2) is 15.0 Å². The summed E-state index contributed by atoms with van der Waals surface area (Å²) in [5.74, 6) is 0.142. The normalized spacial score (nSPS) is 15.9. The van der Waals surface area contributed by atoms with Crippen molar-refractivity contribution in [2.75, 3.05) is 6.54 Å². The van der Waals surface area contributed by atoms with Crippen molar-refractivity contribution in [3.8, 4) is 0 Å². The van der Waals surface area contributed by atoms with Gasteiger partial charge in [-0.15, -0.1) is 0 Å². The lowest BCUT2D eigenvalue weighted by atomic mass is 9.92. The molecule has 1 aliphatic carbocycles.